The quantitative estimate of drug-likeness (QED) is 0.390. The molecule has 248 valence electrons. The van der Waals surface area contributed by atoms with Gasteiger partial charge in [0, 0.05) is 17.9 Å². The minimum atomic E-state index is -4.26. The van der Waals surface area contributed by atoms with Gasteiger partial charge in [0.25, 0.3) is 0 Å². The van der Waals surface area contributed by atoms with Gasteiger partial charge in [-0.05, 0) is 79.3 Å². The first-order valence-electron chi connectivity index (χ1n) is 15.4. The van der Waals surface area contributed by atoms with Crippen molar-refractivity contribution in [3.8, 4) is 11.5 Å². The monoisotopic (exact) mass is 691 g/mol. The average Bonchev–Trinajstić information content (AvgIpc) is 3.24. The number of sulfone groups is 2. The van der Waals surface area contributed by atoms with E-state index < -0.39 is 30.0 Å². The molecule has 2 aromatic rings. The van der Waals surface area contributed by atoms with Crippen LogP contribution in [0.3, 0.4) is 0 Å². The second-order valence-electron chi connectivity index (χ2n) is 12.1. The molecule has 3 N–H and O–H groups in total. The van der Waals surface area contributed by atoms with Crippen LogP contribution in [0, 0.1) is 11.8 Å². The molecule has 0 saturated heterocycles. The third-order valence-electron chi connectivity index (χ3n) is 8.86. The Morgan fingerprint density at radius 3 is 1.52 bits per heavy atom. The fourth-order valence-corrected chi connectivity index (χ4v) is 10.2. The topological polar surface area (TPSA) is 192 Å². The number of ketones is 2. The van der Waals surface area contributed by atoms with E-state index >= 15 is 0 Å². The number of fused-ring (bicyclic) bond motifs is 2. The number of rotatable bonds is 6. The molecule has 0 unspecified atom stereocenters. The summed E-state index contributed by atoms with van der Waals surface area (Å²) in [6.45, 7) is 0. The fourth-order valence-electron chi connectivity index (χ4n) is 6.49. The van der Waals surface area contributed by atoms with Crippen LogP contribution in [0.2, 0.25) is 0 Å². The molecule has 0 bridgehead atoms. The summed E-state index contributed by atoms with van der Waals surface area (Å²) < 4.78 is 77.1. The highest BCUT2D eigenvalue weighted by molar-refractivity contribution is 7.97. The summed E-state index contributed by atoms with van der Waals surface area (Å²) in [5, 5.41) is 14.3. The Labute approximate surface area is 269 Å². The smallest absolute Gasteiger partial charge is 0.380 e. The van der Waals surface area contributed by atoms with Crippen molar-refractivity contribution < 1.29 is 44.1 Å². The third-order valence-corrected chi connectivity index (χ3v) is 12.9. The van der Waals surface area contributed by atoms with Gasteiger partial charge in [0.1, 0.15) is 21.3 Å². The number of hydrogen-bond acceptors (Lipinski definition) is 10. The van der Waals surface area contributed by atoms with E-state index in [1.54, 1.807) is 0 Å². The van der Waals surface area contributed by atoms with Crippen molar-refractivity contribution in [1.82, 2.24) is 0 Å². The van der Waals surface area contributed by atoms with E-state index in [9.17, 15) is 39.9 Å². The van der Waals surface area contributed by atoms with Gasteiger partial charge < -0.3 is 9.29 Å². The van der Waals surface area contributed by atoms with Crippen LogP contribution in [0.15, 0.2) is 56.0 Å². The molecule has 6 rings (SSSR count). The Balaban J connectivity index is 0.000000184. The molecule has 11 nitrogen and oxygen atoms in total. The molecule has 0 spiro atoms. The van der Waals surface area contributed by atoms with Gasteiger partial charge >= 0.3 is 10.3 Å². The van der Waals surface area contributed by atoms with Crippen LogP contribution in [0.5, 0.6) is 11.5 Å². The predicted molar refractivity (Wildman–Crippen MR) is 171 cm³/mol. The highest BCUT2D eigenvalue weighted by Crippen LogP contribution is 2.40. The number of hydrogen-bond donors (Lipinski definition) is 2. The summed E-state index contributed by atoms with van der Waals surface area (Å²) in [5.41, 5.74) is 0.837. The van der Waals surface area contributed by atoms with Crippen molar-refractivity contribution in [3.63, 3.8) is 0 Å². The molecule has 4 aliphatic rings. The largest absolute Gasteiger partial charge is 0.508 e. The van der Waals surface area contributed by atoms with Gasteiger partial charge in [-0.2, -0.15) is 13.6 Å². The summed E-state index contributed by atoms with van der Waals surface area (Å²) in [7, 11) is -12.0. The molecule has 0 atom stereocenters. The van der Waals surface area contributed by atoms with E-state index in [-0.39, 0.29) is 54.5 Å². The zero-order valence-electron chi connectivity index (χ0n) is 25.2. The second kappa shape index (κ2) is 13.4. The van der Waals surface area contributed by atoms with Crippen molar-refractivity contribution in [2.45, 2.75) is 86.8 Å². The number of carbonyl (C=O) groups is 2. The lowest BCUT2D eigenvalue weighted by Gasteiger charge is -2.13. The molecule has 0 aromatic heterocycles. The van der Waals surface area contributed by atoms with Gasteiger partial charge in [-0.1, -0.05) is 51.4 Å². The molecule has 2 saturated carbocycles. The van der Waals surface area contributed by atoms with Crippen LogP contribution >= 0.6 is 0 Å². The fraction of sp³-hybridized carbons (Fsp3) is 0.438. The molecule has 0 amide bonds. The molecule has 14 heteroatoms. The van der Waals surface area contributed by atoms with Crippen molar-refractivity contribution in [2.75, 3.05) is 0 Å². The molecule has 2 aliphatic heterocycles. The van der Waals surface area contributed by atoms with Crippen LogP contribution in [0.1, 0.15) is 88.2 Å². The predicted octanol–water partition coefficient (Wildman–Crippen LogP) is 5.00. The van der Waals surface area contributed by atoms with Crippen LogP contribution in [0.25, 0.3) is 12.2 Å². The highest BCUT2D eigenvalue weighted by Gasteiger charge is 2.39. The number of nitrogens with two attached hydrogens (primary N) is 1. The van der Waals surface area contributed by atoms with Crippen LogP contribution in [-0.2, 0) is 39.6 Å². The molecule has 2 aliphatic carbocycles. The summed E-state index contributed by atoms with van der Waals surface area (Å²) in [5.74, 6) is -1.38. The van der Waals surface area contributed by atoms with Gasteiger partial charge in [-0.15, -0.1) is 0 Å². The van der Waals surface area contributed by atoms with Gasteiger partial charge in [0.2, 0.25) is 19.7 Å². The maximum Gasteiger partial charge on any atom is 0.380 e. The van der Waals surface area contributed by atoms with Crippen molar-refractivity contribution >= 4 is 53.7 Å². The summed E-state index contributed by atoms with van der Waals surface area (Å²) >= 11 is 0. The Morgan fingerprint density at radius 2 is 1.09 bits per heavy atom. The van der Waals surface area contributed by atoms with Crippen LogP contribution in [-0.4, -0.2) is 41.9 Å². The van der Waals surface area contributed by atoms with Crippen LogP contribution < -0.4 is 9.32 Å². The van der Waals surface area contributed by atoms with Gasteiger partial charge in [0.15, 0.2) is 11.6 Å². The lowest BCUT2D eigenvalue weighted by molar-refractivity contribution is -0.119. The number of phenolic OH excluding ortho intramolecular Hbond substituents is 1. The van der Waals surface area contributed by atoms with Gasteiger partial charge in [0.05, 0.1) is 9.79 Å². The molecule has 2 heterocycles. The van der Waals surface area contributed by atoms with E-state index in [1.165, 1.54) is 42.5 Å². The first-order valence-corrected chi connectivity index (χ1v) is 19.8. The second-order valence-corrected chi connectivity index (χ2v) is 17.1. The van der Waals surface area contributed by atoms with E-state index in [4.69, 9.17) is 5.14 Å². The van der Waals surface area contributed by atoms with Crippen LogP contribution in [0.4, 0.5) is 0 Å². The number of aromatic hydroxyl groups is 1. The minimum Gasteiger partial charge on any atom is -0.508 e. The minimum absolute atomic E-state index is 0.0412. The lowest BCUT2D eigenvalue weighted by atomic mass is 9.94. The molecule has 46 heavy (non-hydrogen) atoms. The van der Waals surface area contributed by atoms with Crippen molar-refractivity contribution in [2.24, 2.45) is 17.0 Å². The van der Waals surface area contributed by atoms with E-state index in [0.29, 0.717) is 24.0 Å². The number of allylic oxidation sites excluding steroid dienone is 2. The number of carbonyl (C=O) groups excluding carboxylic acids is 2. The average molecular weight is 692 g/mol. The molecule has 0 radical (unpaired) electrons. The van der Waals surface area contributed by atoms with Gasteiger partial charge in [-0.25, -0.2) is 16.8 Å². The third kappa shape index (κ3) is 7.29. The normalized spacial score (nSPS) is 20.9. The SMILES string of the molecule is NS(=O)(=O)Oc1ccc2c(c1)S(=O)(=O)C(C(=O)C1CCCCCC1)=C2.O=C(C1=Cc2ccc(O)cc2S1(=O)=O)C1CCCCCC1. The summed E-state index contributed by atoms with van der Waals surface area (Å²) in [6, 6.07) is 7.97. The molecule has 2 aromatic carbocycles. The molecular weight excluding hydrogens is 655 g/mol. The molecule has 2 fully saturated rings. The Kier molecular flexibility index (Phi) is 9.92. The van der Waals surface area contributed by atoms with Crippen molar-refractivity contribution in [3.05, 3.63) is 57.3 Å². The Hall–Kier alpha value is -3.33. The zero-order valence-corrected chi connectivity index (χ0v) is 27.6. The van der Waals surface area contributed by atoms with E-state index in [2.05, 4.69) is 4.18 Å². The summed E-state index contributed by atoms with van der Waals surface area (Å²) in [6.07, 6.45) is 13.9. The highest BCUT2D eigenvalue weighted by atomic mass is 32.2. The summed E-state index contributed by atoms with van der Waals surface area (Å²) in [4.78, 5) is 25.0. The lowest BCUT2D eigenvalue weighted by Crippen LogP contribution is -2.20. The zero-order chi connectivity index (χ0) is 33.3. The molecular formula is C32H37NO10S3. The number of benzene rings is 2. The first-order chi connectivity index (χ1) is 21.7. The Morgan fingerprint density at radius 1 is 0.674 bits per heavy atom. The maximum absolute atomic E-state index is 12.8. The number of Topliss-reactive ketones (excluding diaryl/α,β-unsaturated/α-hetero) is 2. The van der Waals surface area contributed by atoms with E-state index in [1.807, 2.05) is 0 Å². The first kappa shape index (κ1) is 34.0. The van der Waals surface area contributed by atoms with Gasteiger partial charge in [-0.3, -0.25) is 9.59 Å². The van der Waals surface area contributed by atoms with E-state index in [0.717, 1.165) is 70.3 Å². The maximum atomic E-state index is 12.8. The number of phenols is 1. The Bertz CT molecular complexity index is 1930. The van der Waals surface area contributed by atoms with Crippen molar-refractivity contribution in [1.29, 1.82) is 0 Å². The standard InChI is InChI=1S/C16H19NO6S2.C16H18O4S/c17-25(21,22)23-13-8-7-12-9-15(24(19,20)14(12)10-13)16(18)11-5-3-1-2-4-6-11;17-13-8-7-12-9-15(21(19,20)14(12)10-13)16(18)11-5-3-1-2-4-6-11/h7-11H,1-6H2,(H2,17,21,22);7-11,17H,1-6H2.